The summed E-state index contributed by atoms with van der Waals surface area (Å²) in [4.78, 5) is 26.4. The molecule has 0 saturated carbocycles. The minimum atomic E-state index is -0.297. The van der Waals surface area contributed by atoms with Crippen LogP contribution in [0.15, 0.2) is 0 Å². The molecule has 2 amide bonds. The van der Waals surface area contributed by atoms with Crippen molar-refractivity contribution in [3.8, 4) is 0 Å². The maximum absolute atomic E-state index is 12.4. The van der Waals surface area contributed by atoms with Gasteiger partial charge in [-0.25, -0.2) is 0 Å². The van der Waals surface area contributed by atoms with Gasteiger partial charge in [0, 0.05) is 25.3 Å². The first-order chi connectivity index (χ1) is 10.6. The van der Waals surface area contributed by atoms with Crippen molar-refractivity contribution in [2.24, 2.45) is 5.92 Å². The van der Waals surface area contributed by atoms with Gasteiger partial charge >= 0.3 is 0 Å². The lowest BCUT2D eigenvalue weighted by molar-refractivity contribution is -0.138. The van der Waals surface area contributed by atoms with Crippen molar-refractivity contribution in [1.82, 2.24) is 10.2 Å². The predicted octanol–water partition coefficient (Wildman–Crippen LogP) is 2.01. The van der Waals surface area contributed by atoms with Gasteiger partial charge in [0.15, 0.2) is 0 Å². The predicted molar refractivity (Wildman–Crippen MR) is 88.6 cm³/mol. The van der Waals surface area contributed by atoms with Crippen molar-refractivity contribution in [2.45, 2.75) is 58.1 Å². The van der Waals surface area contributed by atoms with Crippen LogP contribution in [0.2, 0.25) is 0 Å². The Labute approximate surface area is 137 Å². The van der Waals surface area contributed by atoms with Gasteiger partial charge in [-0.2, -0.15) is 0 Å². The van der Waals surface area contributed by atoms with E-state index in [1.165, 1.54) is 0 Å². The van der Waals surface area contributed by atoms with Crippen molar-refractivity contribution < 1.29 is 14.3 Å². The molecule has 2 atom stereocenters. The number of carbonyl (C=O) groups is 2. The first kappa shape index (κ1) is 17.6. The molecule has 6 heteroatoms. The summed E-state index contributed by atoms with van der Waals surface area (Å²) in [5.41, 5.74) is 0. The summed E-state index contributed by atoms with van der Waals surface area (Å²) in [7, 11) is 0. The third-order valence-corrected chi connectivity index (χ3v) is 5.24. The van der Waals surface area contributed by atoms with Crippen LogP contribution in [0.1, 0.15) is 46.0 Å². The number of thioether (sulfide) groups is 1. The van der Waals surface area contributed by atoms with Gasteiger partial charge in [-0.1, -0.05) is 13.8 Å². The molecular weight excluding hydrogens is 300 g/mol. The molecule has 0 bridgehead atoms. The fourth-order valence-corrected chi connectivity index (χ4v) is 3.99. The number of hydrogen-bond donors (Lipinski definition) is 1. The monoisotopic (exact) mass is 328 g/mol. The second-order valence-corrected chi connectivity index (χ2v) is 7.53. The molecule has 0 radical (unpaired) electrons. The van der Waals surface area contributed by atoms with Crippen molar-refractivity contribution in [2.75, 3.05) is 24.8 Å². The van der Waals surface area contributed by atoms with Crippen LogP contribution >= 0.6 is 11.8 Å². The number of amides is 2. The zero-order valence-corrected chi connectivity index (χ0v) is 14.5. The highest BCUT2D eigenvalue weighted by Gasteiger charge is 2.34. The van der Waals surface area contributed by atoms with E-state index in [1.54, 1.807) is 16.7 Å². The molecule has 0 aromatic carbocycles. The highest BCUT2D eigenvalue weighted by molar-refractivity contribution is 7.99. The maximum atomic E-state index is 12.4. The Morgan fingerprint density at radius 3 is 2.91 bits per heavy atom. The summed E-state index contributed by atoms with van der Waals surface area (Å²) in [6, 6.07) is -0.297. The van der Waals surface area contributed by atoms with Crippen LogP contribution in [0.3, 0.4) is 0 Å². The molecule has 0 unspecified atom stereocenters. The molecule has 126 valence electrons. The van der Waals surface area contributed by atoms with E-state index in [1.807, 2.05) is 0 Å². The van der Waals surface area contributed by atoms with Crippen LogP contribution in [-0.4, -0.2) is 53.6 Å². The van der Waals surface area contributed by atoms with Crippen molar-refractivity contribution in [3.05, 3.63) is 0 Å². The second kappa shape index (κ2) is 8.77. The van der Waals surface area contributed by atoms with Crippen molar-refractivity contribution in [3.63, 3.8) is 0 Å². The van der Waals surface area contributed by atoms with E-state index in [4.69, 9.17) is 4.74 Å². The first-order valence-corrected chi connectivity index (χ1v) is 9.50. The standard InChI is InChI=1S/C16H28N2O3S/c1-12(2)7-8-17-16(20)14-10-22-11-18(14)15(19)6-5-13-4-3-9-21-13/h12-14H,3-11H2,1-2H3,(H,17,20)/t13-,14-/m0/s1. The molecule has 0 aromatic rings. The number of rotatable bonds is 7. The van der Waals surface area contributed by atoms with E-state index in [-0.39, 0.29) is 24.0 Å². The van der Waals surface area contributed by atoms with Gasteiger partial charge in [0.2, 0.25) is 11.8 Å². The summed E-state index contributed by atoms with van der Waals surface area (Å²) in [5.74, 6) is 1.99. The molecule has 5 nitrogen and oxygen atoms in total. The first-order valence-electron chi connectivity index (χ1n) is 8.34. The fourth-order valence-electron chi connectivity index (χ4n) is 2.81. The summed E-state index contributed by atoms with van der Waals surface area (Å²) in [6.45, 7) is 5.78. The second-order valence-electron chi connectivity index (χ2n) is 6.53. The summed E-state index contributed by atoms with van der Waals surface area (Å²) in [6.07, 6.45) is 4.62. The third-order valence-electron chi connectivity index (χ3n) is 4.23. The van der Waals surface area contributed by atoms with Crippen LogP contribution < -0.4 is 5.32 Å². The van der Waals surface area contributed by atoms with Crippen LogP contribution in [0.4, 0.5) is 0 Å². The SMILES string of the molecule is CC(C)CCNC(=O)[C@@H]1CSCN1C(=O)CC[C@@H]1CCCO1. The normalized spacial score (nSPS) is 25.0. The number of carbonyl (C=O) groups excluding carboxylic acids is 2. The molecule has 2 saturated heterocycles. The minimum absolute atomic E-state index is 0.00360. The Hall–Kier alpha value is -0.750. The number of nitrogens with one attached hydrogen (secondary N) is 1. The molecule has 1 N–H and O–H groups in total. The molecule has 2 heterocycles. The highest BCUT2D eigenvalue weighted by atomic mass is 32.2. The molecule has 2 fully saturated rings. The van der Waals surface area contributed by atoms with E-state index in [0.29, 0.717) is 30.5 Å². The van der Waals surface area contributed by atoms with Gasteiger partial charge in [0.1, 0.15) is 6.04 Å². The average molecular weight is 328 g/mol. The molecule has 2 rings (SSSR count). The summed E-state index contributed by atoms with van der Waals surface area (Å²) in [5, 5.41) is 2.97. The maximum Gasteiger partial charge on any atom is 0.243 e. The van der Waals surface area contributed by atoms with Gasteiger partial charge in [-0.15, -0.1) is 11.8 Å². The van der Waals surface area contributed by atoms with Gasteiger partial charge in [-0.05, 0) is 31.6 Å². The Morgan fingerprint density at radius 2 is 2.23 bits per heavy atom. The van der Waals surface area contributed by atoms with Crippen LogP contribution in [0.5, 0.6) is 0 Å². The molecule has 22 heavy (non-hydrogen) atoms. The van der Waals surface area contributed by atoms with Gasteiger partial charge in [0.05, 0.1) is 12.0 Å². The Balaban J connectivity index is 1.75. The Morgan fingerprint density at radius 1 is 1.41 bits per heavy atom. The lowest BCUT2D eigenvalue weighted by Gasteiger charge is -2.23. The molecule has 0 aromatic heterocycles. The highest BCUT2D eigenvalue weighted by Crippen LogP contribution is 2.24. The van der Waals surface area contributed by atoms with Crippen molar-refractivity contribution >= 4 is 23.6 Å². The Bertz CT molecular complexity index is 384. The number of hydrogen-bond acceptors (Lipinski definition) is 4. The smallest absolute Gasteiger partial charge is 0.243 e. The lowest BCUT2D eigenvalue weighted by atomic mass is 10.1. The number of nitrogens with zero attached hydrogens (tertiary/aromatic N) is 1. The lowest BCUT2D eigenvalue weighted by Crippen LogP contribution is -2.47. The van der Waals surface area contributed by atoms with E-state index >= 15 is 0 Å². The molecule has 2 aliphatic heterocycles. The van der Waals surface area contributed by atoms with Gasteiger partial charge in [-0.3, -0.25) is 9.59 Å². The zero-order chi connectivity index (χ0) is 15.9. The Kier molecular flexibility index (Phi) is 7.02. The zero-order valence-electron chi connectivity index (χ0n) is 13.7. The summed E-state index contributed by atoms with van der Waals surface area (Å²) < 4.78 is 5.56. The molecule has 0 spiro atoms. The fraction of sp³-hybridized carbons (Fsp3) is 0.875. The molecule has 0 aliphatic carbocycles. The van der Waals surface area contributed by atoms with Gasteiger partial charge < -0.3 is 15.0 Å². The topological polar surface area (TPSA) is 58.6 Å². The van der Waals surface area contributed by atoms with Gasteiger partial charge in [0.25, 0.3) is 0 Å². The van der Waals surface area contributed by atoms with Crippen LogP contribution in [-0.2, 0) is 14.3 Å². The van der Waals surface area contributed by atoms with Crippen molar-refractivity contribution in [1.29, 1.82) is 0 Å². The van der Waals surface area contributed by atoms with E-state index in [2.05, 4.69) is 19.2 Å². The van der Waals surface area contributed by atoms with Crippen LogP contribution in [0, 0.1) is 5.92 Å². The molecular formula is C16H28N2O3S. The third kappa shape index (κ3) is 5.16. The van der Waals surface area contributed by atoms with E-state index < -0.39 is 0 Å². The average Bonchev–Trinajstić information content (AvgIpc) is 3.15. The van der Waals surface area contributed by atoms with E-state index in [9.17, 15) is 9.59 Å². The molecule has 2 aliphatic rings. The summed E-state index contributed by atoms with van der Waals surface area (Å²) >= 11 is 1.66. The van der Waals surface area contributed by atoms with E-state index in [0.717, 1.165) is 32.3 Å². The quantitative estimate of drug-likeness (QED) is 0.777. The van der Waals surface area contributed by atoms with Crippen LogP contribution in [0.25, 0.3) is 0 Å². The number of ether oxygens (including phenoxy) is 1. The minimum Gasteiger partial charge on any atom is -0.378 e. The largest absolute Gasteiger partial charge is 0.378 e.